The summed E-state index contributed by atoms with van der Waals surface area (Å²) in [4.78, 5) is 3.70. The molecule has 0 spiro atoms. The maximum atomic E-state index is 10.2. The topological polar surface area (TPSA) is 88.2 Å². The number of hydrogen-bond donors (Lipinski definition) is 3. The van der Waals surface area contributed by atoms with Crippen LogP contribution in [0.3, 0.4) is 0 Å². The van der Waals surface area contributed by atoms with Crippen molar-refractivity contribution in [1.29, 1.82) is 0 Å². The predicted octanol–water partition coefficient (Wildman–Crippen LogP) is 0.212. The fraction of sp³-hybridized carbons (Fsp3) is 0. The first-order valence-corrected chi connectivity index (χ1v) is 3.88. The number of nitrogen functional groups attached to an aromatic ring is 1. The van der Waals surface area contributed by atoms with Crippen molar-refractivity contribution < 1.29 is 8.76 Å². The molecular formula is C5H7N3O2S. The van der Waals surface area contributed by atoms with E-state index in [0.29, 0.717) is 11.5 Å². The minimum atomic E-state index is -2.05. The zero-order valence-electron chi connectivity index (χ0n) is 5.52. The lowest BCUT2D eigenvalue weighted by Gasteiger charge is -1.98. The van der Waals surface area contributed by atoms with E-state index in [-0.39, 0.29) is 0 Å². The third-order valence-corrected chi connectivity index (χ3v) is 1.40. The molecule has 60 valence electrons. The molecule has 0 fully saturated rings. The van der Waals surface area contributed by atoms with Crippen LogP contribution in [0.5, 0.6) is 0 Å². The molecule has 0 aliphatic carbocycles. The molecule has 0 amide bonds. The molecule has 1 atom stereocenters. The van der Waals surface area contributed by atoms with E-state index >= 15 is 0 Å². The molecule has 1 rings (SSSR count). The van der Waals surface area contributed by atoms with Gasteiger partial charge in [-0.15, -0.1) is 0 Å². The fourth-order valence-electron chi connectivity index (χ4n) is 0.566. The number of aromatic nitrogens is 1. The van der Waals surface area contributed by atoms with Crippen LogP contribution >= 0.6 is 0 Å². The highest BCUT2D eigenvalue weighted by atomic mass is 32.2. The Labute approximate surface area is 66.1 Å². The van der Waals surface area contributed by atoms with Gasteiger partial charge in [0.15, 0.2) is 0 Å². The summed E-state index contributed by atoms with van der Waals surface area (Å²) < 4.78 is 20.8. The number of rotatable bonds is 2. The lowest BCUT2D eigenvalue weighted by Crippen LogP contribution is -2.02. The average molecular weight is 173 g/mol. The van der Waals surface area contributed by atoms with Crippen LogP contribution in [0.2, 0.25) is 0 Å². The summed E-state index contributed by atoms with van der Waals surface area (Å²) in [6, 6.07) is 3.10. The monoisotopic (exact) mass is 173 g/mol. The molecule has 1 aromatic rings. The second-order valence-electron chi connectivity index (χ2n) is 1.82. The molecule has 5 nitrogen and oxygen atoms in total. The molecule has 1 heterocycles. The van der Waals surface area contributed by atoms with Crippen LogP contribution in [0.4, 0.5) is 11.5 Å². The van der Waals surface area contributed by atoms with Gasteiger partial charge < -0.3 is 5.73 Å². The fourth-order valence-corrected chi connectivity index (χ4v) is 0.889. The van der Waals surface area contributed by atoms with E-state index in [4.69, 9.17) is 10.3 Å². The van der Waals surface area contributed by atoms with Crippen molar-refractivity contribution in [2.75, 3.05) is 10.5 Å². The summed E-state index contributed by atoms with van der Waals surface area (Å²) in [7, 11) is 0. The Bertz CT molecular complexity index is 261. The molecule has 0 saturated carbocycles. The van der Waals surface area contributed by atoms with E-state index < -0.39 is 11.3 Å². The standard InChI is InChI=1S/C5H7N3O2S/c6-5-2-1-4(3-7-5)8-11(9)10/h1-3,8H,(H2,6,7)(H,9,10). The number of nitrogens with one attached hydrogen (secondary N) is 1. The minimum Gasteiger partial charge on any atom is -0.384 e. The van der Waals surface area contributed by atoms with E-state index in [1.54, 1.807) is 6.07 Å². The number of nitrogens with two attached hydrogens (primary N) is 1. The van der Waals surface area contributed by atoms with Crippen molar-refractivity contribution in [2.24, 2.45) is 0 Å². The van der Waals surface area contributed by atoms with E-state index in [0.717, 1.165) is 0 Å². The zero-order valence-corrected chi connectivity index (χ0v) is 6.34. The van der Waals surface area contributed by atoms with Gasteiger partial charge in [0.1, 0.15) is 5.82 Å². The van der Waals surface area contributed by atoms with Crippen LogP contribution in [-0.4, -0.2) is 13.7 Å². The highest BCUT2D eigenvalue weighted by Gasteiger charge is 1.94. The normalized spacial score (nSPS) is 12.5. The molecule has 0 aliphatic rings. The lowest BCUT2D eigenvalue weighted by atomic mass is 10.4. The van der Waals surface area contributed by atoms with Crippen LogP contribution in [0.15, 0.2) is 18.3 Å². The van der Waals surface area contributed by atoms with Gasteiger partial charge >= 0.3 is 0 Å². The quantitative estimate of drug-likeness (QED) is 0.558. The van der Waals surface area contributed by atoms with Gasteiger partial charge in [0.2, 0.25) is 0 Å². The van der Waals surface area contributed by atoms with Crippen LogP contribution in [0.1, 0.15) is 0 Å². The van der Waals surface area contributed by atoms with E-state index in [9.17, 15) is 4.21 Å². The number of pyridine rings is 1. The summed E-state index contributed by atoms with van der Waals surface area (Å²) in [5.74, 6) is 0.374. The van der Waals surface area contributed by atoms with Crippen LogP contribution < -0.4 is 10.5 Å². The van der Waals surface area contributed by atoms with Gasteiger partial charge in [-0.1, -0.05) is 0 Å². The first-order valence-electron chi connectivity index (χ1n) is 2.77. The van der Waals surface area contributed by atoms with Gasteiger partial charge in [-0.05, 0) is 12.1 Å². The molecule has 0 aliphatic heterocycles. The predicted molar refractivity (Wildman–Crippen MR) is 43.0 cm³/mol. The first-order chi connectivity index (χ1) is 5.18. The van der Waals surface area contributed by atoms with E-state index in [1.807, 2.05) is 0 Å². The molecule has 11 heavy (non-hydrogen) atoms. The Balaban J connectivity index is 2.74. The molecule has 0 aromatic carbocycles. The largest absolute Gasteiger partial charge is 0.384 e. The molecule has 4 N–H and O–H groups in total. The Hall–Kier alpha value is -1.14. The van der Waals surface area contributed by atoms with Gasteiger partial charge in [-0.3, -0.25) is 9.27 Å². The Morgan fingerprint density at radius 3 is 2.82 bits per heavy atom. The van der Waals surface area contributed by atoms with Crippen molar-refractivity contribution >= 4 is 22.8 Å². The number of anilines is 2. The van der Waals surface area contributed by atoms with Gasteiger partial charge in [-0.2, -0.15) is 0 Å². The van der Waals surface area contributed by atoms with Crippen molar-refractivity contribution in [3.05, 3.63) is 18.3 Å². The number of nitrogens with zero attached hydrogens (tertiary/aromatic N) is 1. The Kier molecular flexibility index (Phi) is 2.40. The number of hydrogen-bond acceptors (Lipinski definition) is 3. The van der Waals surface area contributed by atoms with Gasteiger partial charge in [0.25, 0.3) is 11.3 Å². The third-order valence-electron chi connectivity index (χ3n) is 0.992. The second kappa shape index (κ2) is 3.31. The smallest absolute Gasteiger partial charge is 0.259 e. The maximum Gasteiger partial charge on any atom is 0.259 e. The van der Waals surface area contributed by atoms with Crippen molar-refractivity contribution in [1.82, 2.24) is 4.98 Å². The third kappa shape index (κ3) is 2.52. The first kappa shape index (κ1) is 7.96. The highest BCUT2D eigenvalue weighted by Crippen LogP contribution is 2.06. The maximum absolute atomic E-state index is 10.2. The van der Waals surface area contributed by atoms with Gasteiger partial charge in [0, 0.05) is 0 Å². The van der Waals surface area contributed by atoms with E-state index in [1.165, 1.54) is 12.3 Å². The van der Waals surface area contributed by atoms with Gasteiger partial charge in [-0.25, -0.2) is 9.19 Å². The van der Waals surface area contributed by atoms with Crippen molar-refractivity contribution in [2.45, 2.75) is 0 Å². The molecular weight excluding hydrogens is 166 g/mol. The molecule has 0 radical (unpaired) electrons. The summed E-state index contributed by atoms with van der Waals surface area (Å²) >= 11 is -2.05. The Morgan fingerprint density at radius 2 is 2.36 bits per heavy atom. The lowest BCUT2D eigenvalue weighted by molar-refractivity contribution is 0.570. The van der Waals surface area contributed by atoms with Crippen LogP contribution in [0.25, 0.3) is 0 Å². The Morgan fingerprint density at radius 1 is 1.64 bits per heavy atom. The molecule has 1 aromatic heterocycles. The highest BCUT2D eigenvalue weighted by molar-refractivity contribution is 7.80. The summed E-state index contributed by atoms with van der Waals surface area (Å²) in [6.45, 7) is 0. The average Bonchev–Trinajstić information content (AvgIpc) is 1.93. The van der Waals surface area contributed by atoms with Crippen molar-refractivity contribution in [3.63, 3.8) is 0 Å². The van der Waals surface area contributed by atoms with Gasteiger partial charge in [0.05, 0.1) is 11.9 Å². The van der Waals surface area contributed by atoms with Crippen LogP contribution in [-0.2, 0) is 11.3 Å². The minimum absolute atomic E-state index is 0.374. The SMILES string of the molecule is Nc1ccc(NS(=O)O)cn1. The summed E-state index contributed by atoms with van der Waals surface area (Å²) in [6.07, 6.45) is 1.38. The molecule has 6 heteroatoms. The molecule has 1 unspecified atom stereocenters. The van der Waals surface area contributed by atoms with E-state index in [2.05, 4.69) is 9.71 Å². The zero-order chi connectivity index (χ0) is 8.27. The molecule has 0 bridgehead atoms. The molecule has 0 saturated heterocycles. The summed E-state index contributed by atoms with van der Waals surface area (Å²) in [5.41, 5.74) is 5.74. The second-order valence-corrected chi connectivity index (χ2v) is 2.53. The van der Waals surface area contributed by atoms with Crippen molar-refractivity contribution in [3.8, 4) is 0 Å². The van der Waals surface area contributed by atoms with Crippen LogP contribution in [0, 0.1) is 0 Å². The summed E-state index contributed by atoms with van der Waals surface area (Å²) in [5, 5.41) is 0.